The smallest absolute Gasteiger partial charge is 0.273 e. The van der Waals surface area contributed by atoms with Crippen molar-refractivity contribution in [3.8, 4) is 0 Å². The van der Waals surface area contributed by atoms with Crippen molar-refractivity contribution in [2.45, 2.75) is 46.1 Å². The number of rotatable bonds is 5. The van der Waals surface area contributed by atoms with Gasteiger partial charge in [0.1, 0.15) is 0 Å². The van der Waals surface area contributed by atoms with Gasteiger partial charge in [0, 0.05) is 11.8 Å². The van der Waals surface area contributed by atoms with E-state index in [0.29, 0.717) is 17.2 Å². The molecule has 0 aliphatic rings. The predicted octanol–water partition coefficient (Wildman–Crippen LogP) is 1.93. The molecule has 0 saturated heterocycles. The van der Waals surface area contributed by atoms with E-state index in [4.69, 9.17) is 0 Å². The second-order valence-electron chi connectivity index (χ2n) is 5.84. The average Bonchev–Trinajstić information content (AvgIpc) is 2.58. The Labute approximate surface area is 140 Å². The Morgan fingerprint density at radius 3 is 2.46 bits per heavy atom. The molecule has 7 nitrogen and oxygen atoms in total. The number of unbranched alkanes of at least 4 members (excludes halogenated alkanes) is 1. The van der Waals surface area contributed by atoms with Gasteiger partial charge in [-0.05, 0) is 26.3 Å². The molecular formula is C17H22N4O3. The molecule has 0 fully saturated rings. The van der Waals surface area contributed by atoms with E-state index in [1.807, 2.05) is 20.8 Å². The van der Waals surface area contributed by atoms with Crippen LogP contribution in [0.3, 0.4) is 0 Å². The van der Waals surface area contributed by atoms with Crippen molar-refractivity contribution in [2.24, 2.45) is 0 Å². The fraction of sp³-hybridized carbons (Fsp3) is 0.412. The maximum absolute atomic E-state index is 12.4. The Hall–Kier alpha value is -2.70. The van der Waals surface area contributed by atoms with E-state index >= 15 is 0 Å². The molecule has 0 radical (unpaired) electrons. The van der Waals surface area contributed by atoms with Crippen LogP contribution in [0.1, 0.15) is 56.6 Å². The summed E-state index contributed by atoms with van der Waals surface area (Å²) >= 11 is 0. The van der Waals surface area contributed by atoms with Crippen LogP contribution < -0.4 is 16.4 Å². The van der Waals surface area contributed by atoms with E-state index in [9.17, 15) is 14.4 Å². The number of nitrogens with one attached hydrogen (secondary N) is 2. The Morgan fingerprint density at radius 1 is 1.17 bits per heavy atom. The second kappa shape index (κ2) is 7.72. The Morgan fingerprint density at radius 2 is 1.83 bits per heavy atom. The lowest BCUT2D eigenvalue weighted by Gasteiger charge is -2.13. The largest absolute Gasteiger partial charge is 0.290 e. The number of aromatic nitrogens is 2. The van der Waals surface area contributed by atoms with Gasteiger partial charge in [0.05, 0.1) is 11.4 Å². The van der Waals surface area contributed by atoms with Crippen molar-refractivity contribution in [1.29, 1.82) is 0 Å². The number of carbonyl (C=O) groups is 2. The van der Waals surface area contributed by atoms with Gasteiger partial charge in [-0.25, -0.2) is 4.68 Å². The number of carbonyl (C=O) groups excluding carboxylic acids is 2. The maximum Gasteiger partial charge on any atom is 0.290 e. The van der Waals surface area contributed by atoms with E-state index in [1.54, 1.807) is 24.3 Å². The summed E-state index contributed by atoms with van der Waals surface area (Å²) in [7, 11) is 0. The lowest BCUT2D eigenvalue weighted by Crippen LogP contribution is -2.42. The van der Waals surface area contributed by atoms with Gasteiger partial charge < -0.3 is 0 Å². The van der Waals surface area contributed by atoms with Crippen molar-refractivity contribution < 1.29 is 9.59 Å². The summed E-state index contributed by atoms with van der Waals surface area (Å²) in [5.41, 5.74) is 4.61. The van der Waals surface area contributed by atoms with Gasteiger partial charge in [0.25, 0.3) is 11.5 Å². The fourth-order valence-corrected chi connectivity index (χ4v) is 2.31. The summed E-state index contributed by atoms with van der Waals surface area (Å²) < 4.78 is 1.27. The zero-order valence-corrected chi connectivity index (χ0v) is 14.1. The van der Waals surface area contributed by atoms with Crippen LogP contribution >= 0.6 is 0 Å². The summed E-state index contributed by atoms with van der Waals surface area (Å²) in [5.74, 6) is -0.808. The minimum atomic E-state index is -0.551. The molecule has 1 heterocycles. The molecule has 1 aromatic heterocycles. The minimum Gasteiger partial charge on any atom is -0.273 e. The van der Waals surface area contributed by atoms with Crippen LogP contribution in [0.4, 0.5) is 0 Å². The van der Waals surface area contributed by atoms with Crippen LogP contribution in [0.5, 0.6) is 0 Å². The molecule has 0 aliphatic heterocycles. The van der Waals surface area contributed by atoms with E-state index in [-0.39, 0.29) is 23.2 Å². The van der Waals surface area contributed by atoms with Gasteiger partial charge in [-0.3, -0.25) is 25.2 Å². The number of benzene rings is 1. The number of amides is 2. The van der Waals surface area contributed by atoms with Gasteiger partial charge in [0.2, 0.25) is 5.91 Å². The third-order valence-electron chi connectivity index (χ3n) is 3.61. The molecule has 2 amide bonds. The highest BCUT2D eigenvalue weighted by molar-refractivity contribution is 6.05. The summed E-state index contributed by atoms with van der Waals surface area (Å²) in [6, 6.07) is 6.62. The topological polar surface area (TPSA) is 93.1 Å². The summed E-state index contributed by atoms with van der Waals surface area (Å²) in [6.45, 7) is 5.62. The maximum atomic E-state index is 12.4. The third-order valence-corrected chi connectivity index (χ3v) is 3.61. The number of hydrogen-bond acceptors (Lipinski definition) is 4. The fourth-order valence-electron chi connectivity index (χ4n) is 2.31. The first kappa shape index (κ1) is 17.7. The van der Waals surface area contributed by atoms with Crippen LogP contribution in [0, 0.1) is 0 Å². The van der Waals surface area contributed by atoms with Gasteiger partial charge in [-0.2, -0.15) is 5.10 Å². The van der Waals surface area contributed by atoms with Gasteiger partial charge in [0.15, 0.2) is 5.69 Å². The summed E-state index contributed by atoms with van der Waals surface area (Å²) in [6.07, 6.45) is 1.99. The van der Waals surface area contributed by atoms with E-state index < -0.39 is 5.91 Å². The normalized spacial score (nSPS) is 10.8. The number of nitrogens with zero attached hydrogens (tertiary/aromatic N) is 2. The number of hydrazine groups is 1. The van der Waals surface area contributed by atoms with E-state index in [2.05, 4.69) is 16.0 Å². The Kier molecular flexibility index (Phi) is 5.68. The molecule has 0 atom stereocenters. The first-order valence-corrected chi connectivity index (χ1v) is 8.06. The molecule has 0 bridgehead atoms. The first-order chi connectivity index (χ1) is 11.5. The molecular weight excluding hydrogens is 308 g/mol. The van der Waals surface area contributed by atoms with Crippen molar-refractivity contribution in [3.63, 3.8) is 0 Å². The lowest BCUT2D eigenvalue weighted by molar-refractivity contribution is -0.121. The SMILES string of the molecule is CCCCC(=O)NNC(=O)c1nn(C(C)C)c(=O)c2ccccc12. The zero-order chi connectivity index (χ0) is 17.7. The van der Waals surface area contributed by atoms with Crippen LogP contribution in [-0.2, 0) is 4.79 Å². The van der Waals surface area contributed by atoms with Crippen LogP contribution in [0.25, 0.3) is 10.8 Å². The molecule has 2 N–H and O–H groups in total. The van der Waals surface area contributed by atoms with Gasteiger partial charge in [-0.1, -0.05) is 31.5 Å². The predicted molar refractivity (Wildman–Crippen MR) is 91.5 cm³/mol. The minimum absolute atomic E-state index is 0.106. The highest BCUT2D eigenvalue weighted by atomic mass is 16.2. The first-order valence-electron chi connectivity index (χ1n) is 8.06. The van der Waals surface area contributed by atoms with Crippen LogP contribution in [0.15, 0.2) is 29.1 Å². The average molecular weight is 330 g/mol. The highest BCUT2D eigenvalue weighted by Gasteiger charge is 2.18. The number of hydrogen-bond donors (Lipinski definition) is 2. The Balaban J connectivity index is 2.34. The Bertz CT molecular complexity index is 811. The highest BCUT2D eigenvalue weighted by Crippen LogP contribution is 2.14. The lowest BCUT2D eigenvalue weighted by atomic mass is 10.1. The van der Waals surface area contributed by atoms with Crippen LogP contribution in [0.2, 0.25) is 0 Å². The quantitative estimate of drug-likeness (QED) is 0.819. The van der Waals surface area contributed by atoms with E-state index in [0.717, 1.165) is 12.8 Å². The zero-order valence-electron chi connectivity index (χ0n) is 14.1. The molecule has 0 saturated carbocycles. The molecule has 1 aromatic carbocycles. The standard InChI is InChI=1S/C17H22N4O3/c1-4-5-10-14(22)18-19-16(23)15-12-8-6-7-9-13(12)17(24)21(20-15)11(2)3/h6-9,11H,4-5,10H2,1-3H3,(H,18,22)(H,19,23). The summed E-state index contributed by atoms with van der Waals surface area (Å²) in [4.78, 5) is 36.5. The van der Waals surface area contributed by atoms with Crippen molar-refractivity contribution in [1.82, 2.24) is 20.6 Å². The molecule has 0 aliphatic carbocycles. The molecule has 7 heteroatoms. The summed E-state index contributed by atoms with van der Waals surface area (Å²) in [5, 5.41) is 5.06. The van der Waals surface area contributed by atoms with Crippen molar-refractivity contribution in [3.05, 3.63) is 40.3 Å². The third kappa shape index (κ3) is 3.79. The molecule has 2 aromatic rings. The molecule has 24 heavy (non-hydrogen) atoms. The second-order valence-corrected chi connectivity index (χ2v) is 5.84. The van der Waals surface area contributed by atoms with Crippen LogP contribution in [-0.4, -0.2) is 21.6 Å². The van der Waals surface area contributed by atoms with Crippen molar-refractivity contribution in [2.75, 3.05) is 0 Å². The van der Waals surface area contributed by atoms with Gasteiger partial charge >= 0.3 is 0 Å². The monoisotopic (exact) mass is 330 g/mol. The van der Waals surface area contributed by atoms with Crippen molar-refractivity contribution >= 4 is 22.6 Å². The number of fused-ring (bicyclic) bond motifs is 1. The molecule has 2 rings (SSSR count). The molecule has 0 unspecified atom stereocenters. The van der Waals surface area contributed by atoms with E-state index in [1.165, 1.54) is 4.68 Å². The molecule has 0 spiro atoms. The van der Waals surface area contributed by atoms with Gasteiger partial charge in [-0.15, -0.1) is 0 Å². The molecule has 128 valence electrons.